The third kappa shape index (κ3) is 3.95. The zero-order chi connectivity index (χ0) is 21.1. The molecule has 6 heteroatoms. The molecule has 0 N–H and O–H groups in total. The second kappa shape index (κ2) is 8.69. The van der Waals surface area contributed by atoms with E-state index in [0.29, 0.717) is 5.56 Å². The van der Waals surface area contributed by atoms with Gasteiger partial charge >= 0.3 is 5.97 Å². The average molecular weight is 405 g/mol. The van der Waals surface area contributed by atoms with Crippen LogP contribution in [0, 0.1) is 6.92 Å². The number of rotatable bonds is 5. The highest BCUT2D eigenvalue weighted by Crippen LogP contribution is 2.23. The zero-order valence-electron chi connectivity index (χ0n) is 17.5. The van der Waals surface area contributed by atoms with Gasteiger partial charge in [-0.3, -0.25) is 9.36 Å². The quantitative estimate of drug-likeness (QED) is 0.594. The predicted octanol–water partition coefficient (Wildman–Crippen LogP) is 4.28. The van der Waals surface area contributed by atoms with Crippen LogP contribution >= 0.6 is 0 Å². The van der Waals surface area contributed by atoms with E-state index in [9.17, 15) is 9.59 Å². The smallest absolute Gasteiger partial charge is 0.338 e. The minimum absolute atomic E-state index is 0.111. The summed E-state index contributed by atoms with van der Waals surface area (Å²) in [6.07, 6.45) is 4.11. The molecule has 2 heterocycles. The molecule has 30 heavy (non-hydrogen) atoms. The maximum Gasteiger partial charge on any atom is 0.338 e. The Morgan fingerprint density at radius 1 is 1.13 bits per heavy atom. The van der Waals surface area contributed by atoms with Gasteiger partial charge in [0.05, 0.1) is 16.6 Å². The van der Waals surface area contributed by atoms with Gasteiger partial charge in [0, 0.05) is 18.3 Å². The Morgan fingerprint density at radius 3 is 2.70 bits per heavy atom. The fourth-order valence-corrected chi connectivity index (χ4v) is 4.28. The third-order valence-electron chi connectivity index (χ3n) is 5.82. The number of imidazole rings is 1. The number of nitrogens with zero attached hydrogens (tertiary/aromatic N) is 3. The normalized spacial score (nSPS) is 16.6. The van der Waals surface area contributed by atoms with Crippen LogP contribution < -0.4 is 0 Å². The maximum atomic E-state index is 12.6. The second-order valence-electron chi connectivity index (χ2n) is 7.75. The number of piperidine rings is 1. The van der Waals surface area contributed by atoms with Gasteiger partial charge in [0.25, 0.3) is 5.91 Å². The SMILES string of the molecule is CC[C@H]1CCCCN1C(=O)COC(=O)c1ccc2c(c1)nc(C)n2-c1ccccc1. The van der Waals surface area contributed by atoms with Crippen LogP contribution in [0.4, 0.5) is 0 Å². The molecule has 1 aliphatic heterocycles. The fraction of sp³-hybridized carbons (Fsp3) is 0.375. The topological polar surface area (TPSA) is 64.4 Å². The minimum Gasteiger partial charge on any atom is -0.452 e. The van der Waals surface area contributed by atoms with Crippen LogP contribution in [0.15, 0.2) is 48.5 Å². The molecule has 1 aliphatic rings. The number of carbonyl (C=O) groups excluding carboxylic acids is 2. The standard InChI is InChI=1S/C24H27N3O3/c1-3-19-9-7-8-14-26(19)23(28)16-30-24(29)18-12-13-22-21(15-18)25-17(2)27(22)20-10-5-4-6-11-20/h4-6,10-13,15,19H,3,7-9,14,16H2,1-2H3/t19-/m0/s1. The Labute approximate surface area is 176 Å². The van der Waals surface area contributed by atoms with Crippen molar-refractivity contribution in [3.63, 3.8) is 0 Å². The molecule has 2 aromatic carbocycles. The zero-order valence-corrected chi connectivity index (χ0v) is 17.5. The number of carbonyl (C=O) groups is 2. The molecule has 156 valence electrons. The van der Waals surface area contributed by atoms with Crippen molar-refractivity contribution >= 4 is 22.9 Å². The van der Waals surface area contributed by atoms with Gasteiger partial charge < -0.3 is 9.64 Å². The van der Waals surface area contributed by atoms with Crippen molar-refractivity contribution < 1.29 is 14.3 Å². The van der Waals surface area contributed by atoms with E-state index in [4.69, 9.17) is 4.74 Å². The number of para-hydroxylation sites is 1. The molecule has 6 nitrogen and oxygen atoms in total. The first kappa shape index (κ1) is 20.1. The Bertz CT molecular complexity index is 1060. The highest BCUT2D eigenvalue weighted by molar-refractivity contribution is 5.95. The number of hydrogen-bond donors (Lipinski definition) is 0. The van der Waals surface area contributed by atoms with E-state index in [1.165, 1.54) is 0 Å². The Hall–Kier alpha value is -3.15. The van der Waals surface area contributed by atoms with Crippen molar-refractivity contribution in [2.24, 2.45) is 0 Å². The summed E-state index contributed by atoms with van der Waals surface area (Å²) >= 11 is 0. The number of hydrogen-bond acceptors (Lipinski definition) is 4. The van der Waals surface area contributed by atoms with Crippen LogP contribution in [0.3, 0.4) is 0 Å². The lowest BCUT2D eigenvalue weighted by molar-refractivity contribution is -0.138. The number of ether oxygens (including phenoxy) is 1. The molecular weight excluding hydrogens is 378 g/mol. The summed E-state index contributed by atoms with van der Waals surface area (Å²) in [6, 6.07) is 15.6. The van der Waals surface area contributed by atoms with E-state index >= 15 is 0 Å². The number of amides is 1. The number of aryl methyl sites for hydroxylation is 1. The number of likely N-dealkylation sites (tertiary alicyclic amines) is 1. The summed E-state index contributed by atoms with van der Waals surface area (Å²) in [6.45, 7) is 4.56. The molecule has 1 fully saturated rings. The number of fused-ring (bicyclic) bond motifs is 1. The monoisotopic (exact) mass is 405 g/mol. The Morgan fingerprint density at radius 2 is 1.93 bits per heavy atom. The highest BCUT2D eigenvalue weighted by Gasteiger charge is 2.26. The fourth-order valence-electron chi connectivity index (χ4n) is 4.28. The lowest BCUT2D eigenvalue weighted by Crippen LogP contribution is -2.45. The summed E-state index contributed by atoms with van der Waals surface area (Å²) in [5.74, 6) is 0.231. The second-order valence-corrected chi connectivity index (χ2v) is 7.75. The first-order valence-electron chi connectivity index (χ1n) is 10.6. The van der Waals surface area contributed by atoms with Crippen LogP contribution in [-0.4, -0.2) is 45.5 Å². The van der Waals surface area contributed by atoms with Crippen LogP contribution in [-0.2, 0) is 9.53 Å². The summed E-state index contributed by atoms with van der Waals surface area (Å²) in [4.78, 5) is 31.6. The van der Waals surface area contributed by atoms with Gasteiger partial charge in [0.1, 0.15) is 5.82 Å². The van der Waals surface area contributed by atoms with E-state index in [2.05, 4.69) is 16.5 Å². The highest BCUT2D eigenvalue weighted by atomic mass is 16.5. The number of benzene rings is 2. The molecule has 3 aromatic rings. The number of esters is 1. The van der Waals surface area contributed by atoms with Gasteiger partial charge in [-0.25, -0.2) is 9.78 Å². The molecule has 0 bridgehead atoms. The summed E-state index contributed by atoms with van der Waals surface area (Å²) in [5, 5.41) is 0. The van der Waals surface area contributed by atoms with E-state index in [1.807, 2.05) is 48.2 Å². The van der Waals surface area contributed by atoms with Crippen molar-refractivity contribution in [1.29, 1.82) is 0 Å². The summed E-state index contributed by atoms with van der Waals surface area (Å²) in [5.41, 5.74) is 3.06. The van der Waals surface area contributed by atoms with Crippen molar-refractivity contribution in [3.8, 4) is 5.69 Å². The van der Waals surface area contributed by atoms with Crippen LogP contribution in [0.5, 0.6) is 0 Å². The molecule has 0 saturated carbocycles. The Balaban J connectivity index is 1.48. The molecule has 0 radical (unpaired) electrons. The molecule has 0 spiro atoms. The molecular formula is C24H27N3O3. The van der Waals surface area contributed by atoms with Gasteiger partial charge in [0.2, 0.25) is 0 Å². The molecule has 1 atom stereocenters. The van der Waals surface area contributed by atoms with E-state index in [0.717, 1.165) is 54.8 Å². The molecule has 0 aliphatic carbocycles. The van der Waals surface area contributed by atoms with E-state index < -0.39 is 5.97 Å². The molecule has 1 aromatic heterocycles. The van der Waals surface area contributed by atoms with Gasteiger partial charge in [-0.15, -0.1) is 0 Å². The number of aromatic nitrogens is 2. The molecule has 4 rings (SSSR count). The summed E-state index contributed by atoms with van der Waals surface area (Å²) < 4.78 is 7.39. The van der Waals surface area contributed by atoms with Crippen LogP contribution in [0.1, 0.15) is 48.8 Å². The summed E-state index contributed by atoms with van der Waals surface area (Å²) in [7, 11) is 0. The van der Waals surface area contributed by atoms with Crippen molar-refractivity contribution in [2.75, 3.05) is 13.2 Å². The first-order valence-corrected chi connectivity index (χ1v) is 10.6. The van der Waals surface area contributed by atoms with Crippen LogP contribution in [0.2, 0.25) is 0 Å². The van der Waals surface area contributed by atoms with Crippen molar-refractivity contribution in [2.45, 2.75) is 45.6 Å². The molecule has 0 unspecified atom stereocenters. The van der Waals surface area contributed by atoms with E-state index in [-0.39, 0.29) is 18.6 Å². The van der Waals surface area contributed by atoms with Gasteiger partial charge in [-0.05, 0) is 62.9 Å². The van der Waals surface area contributed by atoms with Gasteiger partial charge in [-0.1, -0.05) is 25.1 Å². The largest absolute Gasteiger partial charge is 0.452 e. The minimum atomic E-state index is -0.498. The van der Waals surface area contributed by atoms with Gasteiger partial charge in [0.15, 0.2) is 6.61 Å². The lowest BCUT2D eigenvalue weighted by atomic mass is 10.00. The average Bonchev–Trinajstić information content (AvgIpc) is 3.12. The molecule has 1 saturated heterocycles. The maximum absolute atomic E-state index is 12.6. The Kier molecular flexibility index (Phi) is 5.84. The first-order chi connectivity index (χ1) is 14.6. The third-order valence-corrected chi connectivity index (χ3v) is 5.82. The van der Waals surface area contributed by atoms with E-state index in [1.54, 1.807) is 12.1 Å². The van der Waals surface area contributed by atoms with Crippen molar-refractivity contribution in [1.82, 2.24) is 14.5 Å². The molecule has 1 amide bonds. The van der Waals surface area contributed by atoms with Crippen molar-refractivity contribution in [3.05, 3.63) is 59.9 Å². The lowest BCUT2D eigenvalue weighted by Gasteiger charge is -2.35. The van der Waals surface area contributed by atoms with Gasteiger partial charge in [-0.2, -0.15) is 0 Å². The predicted molar refractivity (Wildman–Crippen MR) is 116 cm³/mol. The van der Waals surface area contributed by atoms with Crippen LogP contribution in [0.25, 0.3) is 16.7 Å².